The van der Waals surface area contributed by atoms with E-state index in [0.717, 1.165) is 11.3 Å². The number of carbonyl (C=O) groups excluding carboxylic acids is 1. The molecule has 0 unspecified atom stereocenters. The van der Waals surface area contributed by atoms with Gasteiger partial charge in [-0.05, 0) is 26.0 Å². The van der Waals surface area contributed by atoms with Crippen molar-refractivity contribution in [3.8, 4) is 6.07 Å². The summed E-state index contributed by atoms with van der Waals surface area (Å²) in [7, 11) is 0. The quantitative estimate of drug-likeness (QED) is 0.808. The minimum atomic E-state index is -0.776. The lowest BCUT2D eigenvalue weighted by Gasteiger charge is -2.00. The zero-order valence-corrected chi connectivity index (χ0v) is 14.5. The standard InChI is InChI=1S/C17H16FN3O3S/c1-3-21-15(22)14(10-20-13-8-6-5-7-12(13)18)25-16(21)11(9-19)17(23)24-4-2/h5-8,10,20H,3-4H2,1-2H3/b14-10+,16-11+. The fourth-order valence-corrected chi connectivity index (χ4v) is 3.18. The molecule has 0 bridgehead atoms. The lowest BCUT2D eigenvalue weighted by atomic mass is 10.3. The average Bonchev–Trinajstić information content (AvgIpc) is 2.91. The summed E-state index contributed by atoms with van der Waals surface area (Å²) in [5.74, 6) is -1.23. The number of para-hydroxylation sites is 1. The number of nitrogens with one attached hydrogen (secondary N) is 1. The first-order valence-electron chi connectivity index (χ1n) is 7.55. The fraction of sp³-hybridized carbons (Fsp3) is 0.235. The first-order valence-corrected chi connectivity index (χ1v) is 8.37. The lowest BCUT2D eigenvalue weighted by molar-refractivity contribution is -0.136. The van der Waals surface area contributed by atoms with E-state index < -0.39 is 11.8 Å². The Hall–Kier alpha value is -2.92. The first kappa shape index (κ1) is 18.4. The Kier molecular flexibility index (Phi) is 6.08. The maximum Gasteiger partial charge on any atom is 0.351 e. The molecule has 0 aliphatic heterocycles. The molecule has 0 aliphatic rings. The number of carbonyl (C=O) groups is 1. The number of aromatic nitrogens is 1. The van der Waals surface area contributed by atoms with Crippen LogP contribution in [-0.4, -0.2) is 17.1 Å². The zero-order chi connectivity index (χ0) is 18.4. The molecule has 0 radical (unpaired) electrons. The highest BCUT2D eigenvalue weighted by Gasteiger charge is 2.16. The predicted molar refractivity (Wildman–Crippen MR) is 93.6 cm³/mol. The topological polar surface area (TPSA) is 84.1 Å². The fourth-order valence-electron chi connectivity index (χ4n) is 2.10. The third-order valence-corrected chi connectivity index (χ3v) is 4.39. The van der Waals surface area contributed by atoms with E-state index >= 15 is 0 Å². The molecule has 0 atom stereocenters. The number of hydrogen-bond donors (Lipinski definition) is 1. The third kappa shape index (κ3) is 3.95. The number of nitriles is 1. The van der Waals surface area contributed by atoms with Gasteiger partial charge in [-0.1, -0.05) is 12.1 Å². The number of nitrogens with zero attached hydrogens (tertiary/aromatic N) is 2. The molecule has 1 N–H and O–H groups in total. The van der Waals surface area contributed by atoms with Crippen molar-refractivity contribution in [3.63, 3.8) is 0 Å². The SMILES string of the molecule is CCOC(=O)/C(C#N)=c1/s/c(=C/Nc2ccccc2F)c(=O)n1CC. The van der Waals surface area contributed by atoms with Crippen LogP contribution in [0.1, 0.15) is 13.8 Å². The Morgan fingerprint density at radius 2 is 2.16 bits per heavy atom. The molecular formula is C17H16FN3O3S. The Bertz CT molecular complexity index is 1000. The van der Waals surface area contributed by atoms with Gasteiger partial charge in [-0.3, -0.25) is 9.36 Å². The maximum atomic E-state index is 13.6. The van der Waals surface area contributed by atoms with Crippen molar-refractivity contribution in [2.75, 3.05) is 11.9 Å². The van der Waals surface area contributed by atoms with Crippen LogP contribution in [-0.2, 0) is 16.1 Å². The van der Waals surface area contributed by atoms with Crippen LogP contribution >= 0.6 is 11.3 Å². The van der Waals surface area contributed by atoms with Crippen LogP contribution in [0.2, 0.25) is 0 Å². The summed E-state index contributed by atoms with van der Waals surface area (Å²) in [4.78, 5) is 24.4. The number of esters is 1. The summed E-state index contributed by atoms with van der Waals surface area (Å²) in [6.07, 6.45) is 1.36. The van der Waals surface area contributed by atoms with Gasteiger partial charge in [-0.2, -0.15) is 5.26 Å². The molecule has 0 amide bonds. The molecule has 2 rings (SSSR count). The largest absolute Gasteiger partial charge is 0.462 e. The van der Waals surface area contributed by atoms with Gasteiger partial charge in [-0.15, -0.1) is 11.3 Å². The molecule has 0 saturated heterocycles. The molecular weight excluding hydrogens is 345 g/mol. The monoisotopic (exact) mass is 361 g/mol. The van der Waals surface area contributed by atoms with Gasteiger partial charge in [0.05, 0.1) is 12.3 Å². The second-order valence-corrected chi connectivity index (χ2v) is 5.83. The van der Waals surface area contributed by atoms with Gasteiger partial charge < -0.3 is 10.1 Å². The van der Waals surface area contributed by atoms with Crippen molar-refractivity contribution in [2.24, 2.45) is 0 Å². The van der Waals surface area contributed by atoms with Gasteiger partial charge in [0.25, 0.3) is 5.56 Å². The minimum absolute atomic E-state index is 0.125. The highest BCUT2D eigenvalue weighted by Crippen LogP contribution is 2.11. The summed E-state index contributed by atoms with van der Waals surface area (Å²) >= 11 is 0.972. The summed E-state index contributed by atoms with van der Waals surface area (Å²) in [5, 5.41) is 12.0. The number of thiazole rings is 1. The first-order chi connectivity index (χ1) is 12.0. The lowest BCUT2D eigenvalue weighted by Crippen LogP contribution is -2.32. The van der Waals surface area contributed by atoms with E-state index in [1.165, 1.54) is 22.9 Å². The molecule has 1 heterocycles. The van der Waals surface area contributed by atoms with Crippen LogP contribution in [0.4, 0.5) is 10.1 Å². The predicted octanol–water partition coefficient (Wildman–Crippen LogP) is 1.16. The van der Waals surface area contributed by atoms with Crippen LogP contribution in [0, 0.1) is 17.1 Å². The van der Waals surface area contributed by atoms with E-state index in [1.54, 1.807) is 32.0 Å². The Morgan fingerprint density at radius 1 is 1.44 bits per heavy atom. The van der Waals surface area contributed by atoms with Crippen LogP contribution in [0.15, 0.2) is 29.1 Å². The Morgan fingerprint density at radius 3 is 2.76 bits per heavy atom. The van der Waals surface area contributed by atoms with Crippen molar-refractivity contribution in [2.45, 2.75) is 20.4 Å². The second kappa shape index (κ2) is 8.26. The number of halogens is 1. The normalized spacial score (nSPS) is 12.5. The third-order valence-electron chi connectivity index (χ3n) is 3.26. The highest BCUT2D eigenvalue weighted by molar-refractivity contribution is 7.07. The van der Waals surface area contributed by atoms with Crippen molar-refractivity contribution in [1.82, 2.24) is 4.57 Å². The van der Waals surface area contributed by atoms with Crippen LogP contribution in [0.25, 0.3) is 11.8 Å². The molecule has 1 aromatic carbocycles. The number of hydrogen-bond acceptors (Lipinski definition) is 6. The Labute approximate surface area is 147 Å². The molecule has 8 heteroatoms. The van der Waals surface area contributed by atoms with E-state index in [2.05, 4.69) is 5.32 Å². The van der Waals surface area contributed by atoms with Crippen molar-refractivity contribution < 1.29 is 13.9 Å². The van der Waals surface area contributed by atoms with Crippen molar-refractivity contribution in [1.29, 1.82) is 5.26 Å². The van der Waals surface area contributed by atoms with Crippen LogP contribution < -0.4 is 20.1 Å². The number of ether oxygens (including phenoxy) is 1. The Balaban J connectivity index is 2.60. The zero-order valence-electron chi connectivity index (χ0n) is 13.7. The average molecular weight is 361 g/mol. The second-order valence-electron chi connectivity index (χ2n) is 4.80. The molecule has 0 spiro atoms. The van der Waals surface area contributed by atoms with E-state index in [-0.39, 0.29) is 39.2 Å². The van der Waals surface area contributed by atoms with Crippen molar-refractivity contribution >= 4 is 34.8 Å². The number of rotatable bonds is 5. The highest BCUT2D eigenvalue weighted by atomic mass is 32.1. The van der Waals surface area contributed by atoms with Crippen LogP contribution in [0.5, 0.6) is 0 Å². The maximum absolute atomic E-state index is 13.6. The molecule has 25 heavy (non-hydrogen) atoms. The van der Waals surface area contributed by atoms with E-state index in [0.29, 0.717) is 0 Å². The molecule has 0 fully saturated rings. The summed E-state index contributed by atoms with van der Waals surface area (Å²) in [6, 6.07) is 7.84. The molecule has 130 valence electrons. The smallest absolute Gasteiger partial charge is 0.351 e. The summed E-state index contributed by atoms with van der Waals surface area (Å²) in [5.41, 5.74) is -0.380. The molecule has 0 saturated carbocycles. The van der Waals surface area contributed by atoms with Gasteiger partial charge >= 0.3 is 5.97 Å². The molecule has 2 aromatic rings. The van der Waals surface area contributed by atoms with Crippen molar-refractivity contribution in [3.05, 3.63) is 49.6 Å². The van der Waals surface area contributed by atoms with Gasteiger partial charge in [0, 0.05) is 12.7 Å². The summed E-state index contributed by atoms with van der Waals surface area (Å²) < 4.78 is 20.3. The van der Waals surface area contributed by atoms with Crippen LogP contribution in [0.3, 0.4) is 0 Å². The summed E-state index contributed by atoms with van der Waals surface area (Å²) in [6.45, 7) is 3.76. The molecule has 1 aromatic heterocycles. The number of anilines is 1. The molecule has 0 aliphatic carbocycles. The molecule has 6 nitrogen and oxygen atoms in total. The van der Waals surface area contributed by atoms with Gasteiger partial charge in [0.1, 0.15) is 21.1 Å². The van der Waals surface area contributed by atoms with E-state index in [4.69, 9.17) is 4.74 Å². The van der Waals surface area contributed by atoms with Gasteiger partial charge in [0.2, 0.25) is 0 Å². The van der Waals surface area contributed by atoms with E-state index in [9.17, 15) is 19.2 Å². The minimum Gasteiger partial charge on any atom is -0.462 e. The van der Waals surface area contributed by atoms with Gasteiger partial charge in [0.15, 0.2) is 5.57 Å². The van der Waals surface area contributed by atoms with E-state index in [1.807, 2.05) is 0 Å². The number of benzene rings is 1. The van der Waals surface area contributed by atoms with Gasteiger partial charge in [-0.25, -0.2) is 9.18 Å².